The Kier molecular flexibility index (Phi) is 7.19. The van der Waals surface area contributed by atoms with E-state index in [1.54, 1.807) is 18.3 Å². The predicted octanol–water partition coefficient (Wildman–Crippen LogP) is 3.37. The number of nitrogens with one attached hydrogen (secondary N) is 1. The van der Waals surface area contributed by atoms with Gasteiger partial charge in [-0.3, -0.25) is 4.79 Å². The third-order valence-electron chi connectivity index (χ3n) is 6.17. The van der Waals surface area contributed by atoms with Gasteiger partial charge in [-0.25, -0.2) is 13.4 Å². The van der Waals surface area contributed by atoms with E-state index >= 15 is 0 Å². The normalized spacial score (nSPS) is 19.2. The van der Waals surface area contributed by atoms with Crippen LogP contribution in [-0.4, -0.2) is 49.9 Å². The Morgan fingerprint density at radius 3 is 2.67 bits per heavy atom. The fraction of sp³-hybridized carbons (Fsp3) is 0.500. The molecule has 9 heteroatoms. The maximum absolute atomic E-state index is 13.4. The van der Waals surface area contributed by atoms with E-state index in [2.05, 4.69) is 10.3 Å². The molecule has 1 aliphatic heterocycles. The minimum absolute atomic E-state index is 0.0187. The number of sulfonamides is 1. The Morgan fingerprint density at radius 1 is 1.18 bits per heavy atom. The minimum Gasteiger partial charge on any atom is -0.495 e. The predicted molar refractivity (Wildman–Crippen MR) is 124 cm³/mol. The zero-order valence-electron chi connectivity index (χ0n) is 19.1. The molecule has 0 radical (unpaired) electrons. The van der Waals surface area contributed by atoms with Crippen molar-refractivity contribution in [2.75, 3.05) is 20.3 Å². The van der Waals surface area contributed by atoms with Crippen LogP contribution in [0, 0.1) is 5.92 Å². The first-order valence-corrected chi connectivity index (χ1v) is 12.9. The zero-order valence-corrected chi connectivity index (χ0v) is 19.9. The molecule has 2 fully saturated rings. The fourth-order valence-corrected chi connectivity index (χ4v) is 5.83. The van der Waals surface area contributed by atoms with Crippen molar-refractivity contribution in [2.24, 2.45) is 5.92 Å². The molecular weight excluding hydrogens is 442 g/mol. The molecule has 33 heavy (non-hydrogen) atoms. The van der Waals surface area contributed by atoms with Gasteiger partial charge in [0.1, 0.15) is 10.6 Å². The highest BCUT2D eigenvalue weighted by atomic mass is 32.2. The van der Waals surface area contributed by atoms with E-state index in [0.29, 0.717) is 24.9 Å². The van der Waals surface area contributed by atoms with Crippen LogP contribution in [0.25, 0.3) is 0 Å². The molecule has 2 heterocycles. The number of hydrogen-bond acceptors (Lipinski definition) is 6. The molecule has 2 aromatic rings. The van der Waals surface area contributed by atoms with Crippen LogP contribution in [0.15, 0.2) is 41.4 Å². The lowest BCUT2D eigenvalue weighted by molar-refractivity contribution is 0.0950. The van der Waals surface area contributed by atoms with Crippen molar-refractivity contribution >= 4 is 15.9 Å². The fourth-order valence-electron chi connectivity index (χ4n) is 3.95. The third kappa shape index (κ3) is 5.65. The highest BCUT2D eigenvalue weighted by molar-refractivity contribution is 7.89. The van der Waals surface area contributed by atoms with Crippen molar-refractivity contribution in [3.05, 3.63) is 47.7 Å². The zero-order chi connectivity index (χ0) is 23.4. The van der Waals surface area contributed by atoms with E-state index in [1.807, 2.05) is 13.0 Å². The van der Waals surface area contributed by atoms with Crippen LogP contribution in [0.2, 0.25) is 0 Å². The van der Waals surface area contributed by atoms with Gasteiger partial charge in [-0.2, -0.15) is 4.31 Å². The van der Waals surface area contributed by atoms with Crippen molar-refractivity contribution in [1.82, 2.24) is 14.6 Å². The average molecular weight is 474 g/mol. The largest absolute Gasteiger partial charge is 0.495 e. The average Bonchev–Trinajstić information content (AvgIpc) is 3.66. The molecule has 1 saturated heterocycles. The molecule has 1 aliphatic carbocycles. The van der Waals surface area contributed by atoms with E-state index in [9.17, 15) is 13.2 Å². The summed E-state index contributed by atoms with van der Waals surface area (Å²) >= 11 is 0. The van der Waals surface area contributed by atoms with Gasteiger partial charge in [0.2, 0.25) is 15.9 Å². The minimum atomic E-state index is -3.78. The Morgan fingerprint density at radius 2 is 2.00 bits per heavy atom. The van der Waals surface area contributed by atoms with Gasteiger partial charge in [0, 0.05) is 37.0 Å². The summed E-state index contributed by atoms with van der Waals surface area (Å²) in [5.74, 6) is 1.10. The van der Waals surface area contributed by atoms with Crippen LogP contribution >= 0.6 is 0 Å². The number of rotatable bonds is 9. The molecule has 1 aromatic carbocycles. The number of benzene rings is 1. The Labute approximate surface area is 195 Å². The number of ether oxygens (including phenoxy) is 2. The lowest BCUT2D eigenvalue weighted by atomic mass is 10.1. The Bertz CT molecular complexity index is 1080. The van der Waals surface area contributed by atoms with E-state index in [-0.39, 0.29) is 34.7 Å². The molecule has 2 aliphatic rings. The molecular formula is C24H31N3O5S. The number of nitrogens with zero attached hydrogens (tertiary/aromatic N) is 2. The molecule has 1 N–H and O–H groups in total. The summed E-state index contributed by atoms with van der Waals surface area (Å²) in [5.41, 5.74) is 1.09. The van der Waals surface area contributed by atoms with Gasteiger partial charge in [0.05, 0.1) is 13.7 Å². The number of methoxy groups -OCH3 is 1. The van der Waals surface area contributed by atoms with E-state index in [4.69, 9.17) is 9.47 Å². The maximum atomic E-state index is 13.4. The smallest absolute Gasteiger partial charge is 0.251 e. The van der Waals surface area contributed by atoms with Crippen LogP contribution < -0.4 is 14.8 Å². The number of carbonyl (C=O) groups is 1. The summed E-state index contributed by atoms with van der Waals surface area (Å²) in [6.07, 6.45) is 6.76. The molecule has 4 rings (SSSR count). The Balaban J connectivity index is 1.44. The number of pyridine rings is 1. The molecule has 1 aromatic heterocycles. The van der Waals surface area contributed by atoms with E-state index < -0.39 is 10.0 Å². The van der Waals surface area contributed by atoms with Crippen LogP contribution in [0.4, 0.5) is 0 Å². The van der Waals surface area contributed by atoms with Gasteiger partial charge in [-0.1, -0.05) is 12.5 Å². The summed E-state index contributed by atoms with van der Waals surface area (Å²) in [6.45, 7) is 3.35. The number of amides is 1. The van der Waals surface area contributed by atoms with Crippen molar-refractivity contribution in [1.29, 1.82) is 0 Å². The van der Waals surface area contributed by atoms with Gasteiger partial charge in [-0.05, 0) is 62.3 Å². The quantitative estimate of drug-likeness (QED) is 0.600. The molecule has 0 bridgehead atoms. The number of hydrogen-bond donors (Lipinski definition) is 1. The van der Waals surface area contributed by atoms with E-state index in [0.717, 1.165) is 24.8 Å². The van der Waals surface area contributed by atoms with Gasteiger partial charge in [0.25, 0.3) is 5.91 Å². The van der Waals surface area contributed by atoms with Gasteiger partial charge >= 0.3 is 0 Å². The topological polar surface area (TPSA) is 97.8 Å². The molecule has 1 unspecified atom stereocenters. The first-order valence-electron chi connectivity index (χ1n) is 11.4. The van der Waals surface area contributed by atoms with Gasteiger partial charge < -0.3 is 14.8 Å². The first kappa shape index (κ1) is 23.5. The summed E-state index contributed by atoms with van der Waals surface area (Å²) < 4.78 is 39.2. The molecule has 0 spiro atoms. The van der Waals surface area contributed by atoms with Crippen LogP contribution in [0.5, 0.6) is 11.6 Å². The third-order valence-corrected chi connectivity index (χ3v) is 8.20. The van der Waals surface area contributed by atoms with Crippen molar-refractivity contribution < 1.29 is 22.7 Å². The highest BCUT2D eigenvalue weighted by Gasteiger charge is 2.33. The second-order valence-electron chi connectivity index (χ2n) is 8.77. The van der Waals surface area contributed by atoms with Crippen molar-refractivity contribution in [3.8, 4) is 11.6 Å². The molecule has 1 saturated carbocycles. The summed E-state index contributed by atoms with van der Waals surface area (Å²) in [4.78, 5) is 17.1. The Hall–Kier alpha value is -2.65. The van der Waals surface area contributed by atoms with Crippen molar-refractivity contribution in [3.63, 3.8) is 0 Å². The lowest BCUT2D eigenvalue weighted by Gasteiger charge is -2.32. The number of aromatic nitrogens is 1. The highest BCUT2D eigenvalue weighted by Crippen LogP contribution is 2.32. The molecule has 8 nitrogen and oxygen atoms in total. The number of carbonyl (C=O) groups excluding carboxylic acids is 1. The first-order chi connectivity index (χ1) is 15.9. The van der Waals surface area contributed by atoms with Crippen LogP contribution in [-0.2, 0) is 16.6 Å². The van der Waals surface area contributed by atoms with Gasteiger partial charge in [-0.15, -0.1) is 0 Å². The van der Waals surface area contributed by atoms with Crippen LogP contribution in [0.1, 0.15) is 54.9 Å². The standard InChI is InChI=1S/C24H31N3O5S/c1-17-5-3-4-12-27(17)33(29,30)22-13-20(9-10-21(22)31-2)24(28)26-15-19-8-11-23(25-14-19)32-16-18-6-7-18/h8-11,13-14,17-18H,3-7,12,15-16H2,1-2H3,(H,26,28). The van der Waals surface area contributed by atoms with Crippen LogP contribution in [0.3, 0.4) is 0 Å². The number of piperidine rings is 1. The SMILES string of the molecule is COc1ccc(C(=O)NCc2ccc(OCC3CC3)nc2)cc1S(=O)(=O)N1CCCCC1C. The second kappa shape index (κ2) is 10.1. The van der Waals surface area contributed by atoms with Crippen molar-refractivity contribution in [2.45, 2.75) is 56.5 Å². The summed E-state index contributed by atoms with van der Waals surface area (Å²) in [7, 11) is -2.36. The molecule has 1 atom stereocenters. The summed E-state index contributed by atoms with van der Waals surface area (Å²) in [6, 6.07) is 8.07. The second-order valence-corrected chi connectivity index (χ2v) is 10.6. The van der Waals surface area contributed by atoms with Gasteiger partial charge in [0.15, 0.2) is 0 Å². The maximum Gasteiger partial charge on any atom is 0.251 e. The summed E-state index contributed by atoms with van der Waals surface area (Å²) in [5, 5.41) is 2.83. The van der Waals surface area contributed by atoms with E-state index in [1.165, 1.54) is 36.4 Å². The molecule has 178 valence electrons. The lowest BCUT2D eigenvalue weighted by Crippen LogP contribution is -2.42. The monoisotopic (exact) mass is 473 g/mol. The molecule has 1 amide bonds.